The van der Waals surface area contributed by atoms with Crippen molar-refractivity contribution >= 4 is 28.9 Å². The van der Waals surface area contributed by atoms with Crippen molar-refractivity contribution in [2.24, 2.45) is 4.99 Å². The Balaban J connectivity index is 1.75. The highest BCUT2D eigenvalue weighted by Gasteiger charge is 2.27. The van der Waals surface area contributed by atoms with Gasteiger partial charge in [0, 0.05) is 33.8 Å². The minimum atomic E-state index is -0.276. The molecule has 2 N–H and O–H groups in total. The summed E-state index contributed by atoms with van der Waals surface area (Å²) in [6.07, 6.45) is 0.339. The third-order valence-corrected chi connectivity index (χ3v) is 5.50. The van der Waals surface area contributed by atoms with Crippen LogP contribution in [0.25, 0.3) is 0 Å². The molecule has 0 aliphatic carbocycles. The molecule has 148 valence electrons. The molecule has 0 bridgehead atoms. The number of phenolic OH excluding ortho intramolecular Hbond substituents is 1. The molecule has 0 spiro atoms. The fourth-order valence-electron chi connectivity index (χ4n) is 3.48. The summed E-state index contributed by atoms with van der Waals surface area (Å²) in [5.74, 6) is 0.999. The van der Waals surface area contributed by atoms with Crippen LogP contribution < -0.4 is 10.1 Å². The normalized spacial score (nSPS) is 18.9. The summed E-state index contributed by atoms with van der Waals surface area (Å²) in [7, 11) is 1.64. The van der Waals surface area contributed by atoms with Gasteiger partial charge in [0.25, 0.3) is 0 Å². The molecular formula is C23H20Cl2N2O2. The van der Waals surface area contributed by atoms with Crippen molar-refractivity contribution in [2.45, 2.75) is 18.6 Å². The van der Waals surface area contributed by atoms with Gasteiger partial charge < -0.3 is 9.84 Å². The van der Waals surface area contributed by atoms with Crippen molar-refractivity contribution in [3.8, 4) is 11.5 Å². The van der Waals surface area contributed by atoms with Crippen LogP contribution in [-0.4, -0.2) is 17.9 Å². The average molecular weight is 427 g/mol. The molecule has 1 aliphatic heterocycles. The largest absolute Gasteiger partial charge is 0.508 e. The highest BCUT2D eigenvalue weighted by Crippen LogP contribution is 2.36. The number of methoxy groups -OCH3 is 1. The predicted molar refractivity (Wildman–Crippen MR) is 117 cm³/mol. The highest BCUT2D eigenvalue weighted by molar-refractivity contribution is 6.30. The Morgan fingerprint density at radius 1 is 0.966 bits per heavy atom. The van der Waals surface area contributed by atoms with Crippen LogP contribution in [-0.2, 0) is 0 Å². The topological polar surface area (TPSA) is 53.8 Å². The lowest BCUT2D eigenvalue weighted by molar-refractivity contribution is 0.412. The SMILES string of the molecule is COc1ccc(C2=N[C@H](c3ccc(Cl)cc3)N[C@H](c3cc(Cl)ccc3O)C2)cc1. The van der Waals surface area contributed by atoms with E-state index in [2.05, 4.69) is 5.32 Å². The summed E-state index contributed by atoms with van der Waals surface area (Å²) < 4.78 is 5.27. The predicted octanol–water partition coefficient (Wildman–Crippen LogP) is 5.93. The molecule has 29 heavy (non-hydrogen) atoms. The number of benzene rings is 3. The van der Waals surface area contributed by atoms with E-state index in [-0.39, 0.29) is 18.0 Å². The van der Waals surface area contributed by atoms with Crippen LogP contribution in [0.5, 0.6) is 11.5 Å². The fraction of sp³-hybridized carbons (Fsp3) is 0.174. The molecular weight excluding hydrogens is 407 g/mol. The lowest BCUT2D eigenvalue weighted by Crippen LogP contribution is -2.33. The Hall–Kier alpha value is -2.53. The number of hydrogen-bond donors (Lipinski definition) is 2. The third kappa shape index (κ3) is 4.40. The van der Waals surface area contributed by atoms with Gasteiger partial charge in [-0.1, -0.05) is 35.3 Å². The van der Waals surface area contributed by atoms with Gasteiger partial charge in [0.1, 0.15) is 17.7 Å². The number of aliphatic imine (C=N–C) groups is 1. The van der Waals surface area contributed by atoms with Gasteiger partial charge in [-0.2, -0.15) is 0 Å². The Labute approximate surface area is 179 Å². The summed E-state index contributed by atoms with van der Waals surface area (Å²) in [5, 5.41) is 15.2. The first-order valence-corrected chi connectivity index (χ1v) is 10.00. The van der Waals surface area contributed by atoms with Crippen LogP contribution >= 0.6 is 23.2 Å². The lowest BCUT2D eigenvalue weighted by Gasteiger charge is -2.31. The molecule has 0 unspecified atom stereocenters. The van der Waals surface area contributed by atoms with Crippen molar-refractivity contribution in [1.82, 2.24) is 5.32 Å². The molecule has 1 aliphatic rings. The highest BCUT2D eigenvalue weighted by atomic mass is 35.5. The molecule has 0 saturated carbocycles. The molecule has 3 aromatic carbocycles. The van der Waals surface area contributed by atoms with E-state index < -0.39 is 0 Å². The van der Waals surface area contributed by atoms with Gasteiger partial charge in [0.05, 0.1) is 7.11 Å². The summed E-state index contributed by atoms with van der Waals surface area (Å²) in [6.45, 7) is 0. The number of aromatic hydroxyl groups is 1. The van der Waals surface area contributed by atoms with Gasteiger partial charge in [-0.15, -0.1) is 0 Å². The van der Waals surface area contributed by atoms with E-state index in [4.69, 9.17) is 32.9 Å². The first-order valence-electron chi connectivity index (χ1n) is 9.24. The second-order valence-corrected chi connectivity index (χ2v) is 7.76. The second kappa shape index (κ2) is 8.46. The van der Waals surface area contributed by atoms with E-state index in [9.17, 15) is 5.11 Å². The van der Waals surface area contributed by atoms with Crippen LogP contribution in [0.3, 0.4) is 0 Å². The average Bonchev–Trinajstić information content (AvgIpc) is 2.75. The van der Waals surface area contributed by atoms with Crippen molar-refractivity contribution < 1.29 is 9.84 Å². The van der Waals surface area contributed by atoms with E-state index >= 15 is 0 Å². The second-order valence-electron chi connectivity index (χ2n) is 6.88. The van der Waals surface area contributed by atoms with Crippen LogP contribution in [0.2, 0.25) is 10.0 Å². The number of nitrogens with one attached hydrogen (secondary N) is 1. The Bertz CT molecular complexity index is 1030. The maximum Gasteiger partial charge on any atom is 0.126 e. The van der Waals surface area contributed by atoms with Gasteiger partial charge in [0.15, 0.2) is 0 Å². The molecule has 0 saturated heterocycles. The third-order valence-electron chi connectivity index (χ3n) is 5.02. The zero-order chi connectivity index (χ0) is 20.4. The van der Waals surface area contributed by atoms with E-state index in [0.717, 1.165) is 28.2 Å². The van der Waals surface area contributed by atoms with Crippen molar-refractivity contribution in [3.05, 3.63) is 93.5 Å². The molecule has 1 heterocycles. The van der Waals surface area contributed by atoms with Crippen molar-refractivity contribution in [1.29, 1.82) is 0 Å². The van der Waals surface area contributed by atoms with Crippen LogP contribution in [0.1, 0.15) is 35.3 Å². The number of nitrogens with zero attached hydrogens (tertiary/aromatic N) is 1. The summed E-state index contributed by atoms with van der Waals surface area (Å²) in [4.78, 5) is 4.94. The zero-order valence-corrected chi connectivity index (χ0v) is 17.3. The number of ether oxygens (including phenoxy) is 1. The Kier molecular flexibility index (Phi) is 5.76. The first-order chi connectivity index (χ1) is 14.0. The van der Waals surface area contributed by atoms with Gasteiger partial charge in [0.2, 0.25) is 0 Å². The molecule has 0 fully saturated rings. The van der Waals surface area contributed by atoms with Crippen molar-refractivity contribution in [3.63, 3.8) is 0 Å². The van der Waals surface area contributed by atoms with Gasteiger partial charge in [-0.05, 0) is 65.7 Å². The molecule has 6 heteroatoms. The quantitative estimate of drug-likeness (QED) is 0.543. The first kappa shape index (κ1) is 19.8. The van der Waals surface area contributed by atoms with Crippen molar-refractivity contribution in [2.75, 3.05) is 7.11 Å². The molecule has 2 atom stereocenters. The summed E-state index contributed by atoms with van der Waals surface area (Å²) >= 11 is 12.2. The van der Waals surface area contributed by atoms with E-state index in [1.807, 2.05) is 48.5 Å². The summed E-state index contributed by atoms with van der Waals surface area (Å²) in [6, 6.07) is 20.4. The van der Waals surface area contributed by atoms with Crippen LogP contribution in [0.4, 0.5) is 0 Å². The maximum absolute atomic E-state index is 10.4. The summed E-state index contributed by atoms with van der Waals surface area (Å²) in [5.41, 5.74) is 3.69. The molecule has 4 rings (SSSR count). The Morgan fingerprint density at radius 3 is 2.34 bits per heavy atom. The van der Waals surface area contributed by atoms with Crippen LogP contribution in [0, 0.1) is 0 Å². The molecule has 3 aromatic rings. The number of rotatable bonds is 4. The molecule has 0 aromatic heterocycles. The van der Waals surface area contributed by atoms with E-state index in [1.54, 1.807) is 25.3 Å². The van der Waals surface area contributed by atoms with Gasteiger partial charge >= 0.3 is 0 Å². The fourth-order valence-corrected chi connectivity index (χ4v) is 3.79. The van der Waals surface area contributed by atoms with Gasteiger partial charge in [-0.25, -0.2) is 0 Å². The number of hydrogen-bond acceptors (Lipinski definition) is 4. The zero-order valence-electron chi connectivity index (χ0n) is 15.8. The molecule has 4 nitrogen and oxygen atoms in total. The standard InChI is InChI=1S/C23H20Cl2N2O2/c1-29-18-9-4-14(5-10-18)20-13-21(19-12-17(25)8-11-22(19)28)27-23(26-20)15-2-6-16(24)7-3-15/h2-12,21,23,27-28H,13H2,1H3/t21-,23-/m0/s1. The number of halogens is 2. The maximum atomic E-state index is 10.4. The minimum absolute atomic E-state index is 0.149. The van der Waals surface area contributed by atoms with Crippen LogP contribution in [0.15, 0.2) is 71.7 Å². The molecule has 0 amide bonds. The monoisotopic (exact) mass is 426 g/mol. The lowest BCUT2D eigenvalue weighted by atomic mass is 9.93. The van der Waals surface area contributed by atoms with E-state index in [0.29, 0.717) is 16.5 Å². The smallest absolute Gasteiger partial charge is 0.126 e. The minimum Gasteiger partial charge on any atom is -0.508 e. The molecule has 0 radical (unpaired) electrons. The van der Waals surface area contributed by atoms with Gasteiger partial charge in [-0.3, -0.25) is 10.3 Å². The van der Waals surface area contributed by atoms with E-state index in [1.165, 1.54) is 0 Å². The Morgan fingerprint density at radius 2 is 1.66 bits per heavy atom. The number of phenols is 1.